The van der Waals surface area contributed by atoms with Gasteiger partial charge in [0.05, 0.1) is 12.1 Å². The summed E-state index contributed by atoms with van der Waals surface area (Å²) in [6.07, 6.45) is 1.78. The Kier molecular flexibility index (Phi) is 5.22. The highest BCUT2D eigenvalue weighted by Gasteiger charge is 2.27. The maximum absolute atomic E-state index is 11.9. The fourth-order valence-electron chi connectivity index (χ4n) is 1.95. The number of nitrogens with one attached hydrogen (secondary N) is 2. The highest BCUT2D eigenvalue weighted by Crippen LogP contribution is 2.15. The van der Waals surface area contributed by atoms with E-state index in [1.54, 1.807) is 0 Å². The van der Waals surface area contributed by atoms with Crippen LogP contribution >= 0.6 is 0 Å². The minimum atomic E-state index is -0.456. The van der Waals surface area contributed by atoms with Crippen LogP contribution in [0.2, 0.25) is 0 Å². The second-order valence-corrected chi connectivity index (χ2v) is 5.11. The van der Waals surface area contributed by atoms with Gasteiger partial charge in [-0.25, -0.2) is 0 Å². The first kappa shape index (κ1) is 13.5. The second-order valence-electron chi connectivity index (χ2n) is 5.11. The van der Waals surface area contributed by atoms with Gasteiger partial charge in [-0.2, -0.15) is 0 Å². The van der Waals surface area contributed by atoms with Gasteiger partial charge in [-0.15, -0.1) is 0 Å². The van der Waals surface area contributed by atoms with Gasteiger partial charge < -0.3 is 15.7 Å². The third-order valence-corrected chi connectivity index (χ3v) is 3.31. The SMILES string of the molecule is CC(C)C(O)CNC(=O)C1NCCCC1C. The van der Waals surface area contributed by atoms with Crippen LogP contribution in [0.3, 0.4) is 0 Å². The molecule has 0 radical (unpaired) electrons. The molecule has 4 nitrogen and oxygen atoms in total. The molecule has 0 bridgehead atoms. The Morgan fingerprint density at radius 1 is 1.56 bits per heavy atom. The van der Waals surface area contributed by atoms with E-state index >= 15 is 0 Å². The third-order valence-electron chi connectivity index (χ3n) is 3.31. The van der Waals surface area contributed by atoms with Crippen LogP contribution in [0.4, 0.5) is 0 Å². The number of piperidine rings is 1. The van der Waals surface area contributed by atoms with E-state index in [2.05, 4.69) is 17.6 Å². The van der Waals surface area contributed by atoms with Gasteiger partial charge in [0.25, 0.3) is 0 Å². The highest BCUT2D eigenvalue weighted by atomic mass is 16.3. The van der Waals surface area contributed by atoms with Crippen molar-refractivity contribution >= 4 is 5.91 Å². The molecule has 16 heavy (non-hydrogen) atoms. The molecule has 4 heteroatoms. The Bertz CT molecular complexity index is 231. The summed E-state index contributed by atoms with van der Waals surface area (Å²) in [7, 11) is 0. The summed E-state index contributed by atoms with van der Waals surface area (Å²) in [5.41, 5.74) is 0. The molecular weight excluding hydrogens is 204 g/mol. The monoisotopic (exact) mass is 228 g/mol. The van der Waals surface area contributed by atoms with Crippen molar-refractivity contribution < 1.29 is 9.90 Å². The van der Waals surface area contributed by atoms with Crippen molar-refractivity contribution in [2.75, 3.05) is 13.1 Å². The molecule has 1 fully saturated rings. The summed E-state index contributed by atoms with van der Waals surface area (Å²) < 4.78 is 0. The molecule has 1 heterocycles. The zero-order valence-corrected chi connectivity index (χ0v) is 10.5. The molecule has 1 saturated heterocycles. The van der Waals surface area contributed by atoms with Gasteiger partial charge in [0.1, 0.15) is 0 Å². The Labute approximate surface area is 97.8 Å². The topological polar surface area (TPSA) is 61.4 Å². The Morgan fingerprint density at radius 3 is 2.81 bits per heavy atom. The van der Waals surface area contributed by atoms with E-state index in [-0.39, 0.29) is 17.9 Å². The molecule has 3 unspecified atom stereocenters. The smallest absolute Gasteiger partial charge is 0.237 e. The zero-order valence-electron chi connectivity index (χ0n) is 10.5. The van der Waals surface area contributed by atoms with E-state index in [1.807, 2.05) is 13.8 Å². The van der Waals surface area contributed by atoms with Crippen LogP contribution in [-0.2, 0) is 4.79 Å². The number of aliphatic hydroxyl groups is 1. The number of carbonyl (C=O) groups is 1. The predicted octanol–water partition coefficient (Wildman–Crippen LogP) is 0.508. The predicted molar refractivity (Wildman–Crippen MR) is 64.0 cm³/mol. The van der Waals surface area contributed by atoms with Gasteiger partial charge in [-0.3, -0.25) is 4.79 Å². The van der Waals surface area contributed by atoms with E-state index in [9.17, 15) is 9.90 Å². The van der Waals surface area contributed by atoms with Gasteiger partial charge in [0, 0.05) is 6.54 Å². The van der Waals surface area contributed by atoms with Crippen molar-refractivity contribution in [2.45, 2.75) is 45.8 Å². The lowest BCUT2D eigenvalue weighted by Crippen LogP contribution is -2.52. The van der Waals surface area contributed by atoms with Crippen molar-refractivity contribution in [3.05, 3.63) is 0 Å². The molecule has 1 amide bonds. The summed E-state index contributed by atoms with van der Waals surface area (Å²) in [4.78, 5) is 11.9. The summed E-state index contributed by atoms with van der Waals surface area (Å²) >= 11 is 0. The number of carbonyl (C=O) groups excluding carboxylic acids is 1. The van der Waals surface area contributed by atoms with Crippen molar-refractivity contribution in [2.24, 2.45) is 11.8 Å². The normalized spacial score (nSPS) is 27.8. The molecule has 0 aliphatic carbocycles. The number of aliphatic hydroxyl groups excluding tert-OH is 1. The first-order valence-electron chi connectivity index (χ1n) is 6.21. The minimum absolute atomic E-state index is 0.0203. The number of hydrogen-bond acceptors (Lipinski definition) is 3. The number of rotatable bonds is 4. The van der Waals surface area contributed by atoms with Gasteiger partial charge in [0.15, 0.2) is 0 Å². The van der Waals surface area contributed by atoms with Crippen LogP contribution in [-0.4, -0.2) is 36.2 Å². The first-order chi connectivity index (χ1) is 7.52. The Balaban J connectivity index is 2.33. The molecule has 0 aromatic rings. The average Bonchev–Trinajstić information content (AvgIpc) is 2.25. The molecule has 3 atom stereocenters. The maximum atomic E-state index is 11.9. The average molecular weight is 228 g/mol. The Hall–Kier alpha value is -0.610. The molecule has 1 aliphatic heterocycles. The van der Waals surface area contributed by atoms with Gasteiger partial charge in [0.2, 0.25) is 5.91 Å². The third kappa shape index (κ3) is 3.76. The lowest BCUT2D eigenvalue weighted by molar-refractivity contribution is -0.125. The fraction of sp³-hybridized carbons (Fsp3) is 0.917. The summed E-state index contributed by atoms with van der Waals surface area (Å²) in [6, 6.07) is -0.0897. The van der Waals surface area contributed by atoms with Crippen LogP contribution in [0, 0.1) is 11.8 Å². The van der Waals surface area contributed by atoms with Crippen LogP contribution in [0.1, 0.15) is 33.6 Å². The van der Waals surface area contributed by atoms with Crippen molar-refractivity contribution in [3.8, 4) is 0 Å². The van der Waals surface area contributed by atoms with Gasteiger partial charge in [-0.1, -0.05) is 20.8 Å². The molecule has 0 aromatic carbocycles. The van der Waals surface area contributed by atoms with Crippen LogP contribution in [0.5, 0.6) is 0 Å². The van der Waals surface area contributed by atoms with Crippen LogP contribution in [0.25, 0.3) is 0 Å². The Morgan fingerprint density at radius 2 is 2.25 bits per heavy atom. The molecule has 1 rings (SSSR count). The van der Waals surface area contributed by atoms with Crippen LogP contribution < -0.4 is 10.6 Å². The highest BCUT2D eigenvalue weighted by molar-refractivity contribution is 5.82. The van der Waals surface area contributed by atoms with Crippen molar-refractivity contribution in [1.29, 1.82) is 0 Å². The van der Waals surface area contributed by atoms with E-state index in [0.29, 0.717) is 12.5 Å². The molecule has 94 valence electrons. The minimum Gasteiger partial charge on any atom is -0.391 e. The maximum Gasteiger partial charge on any atom is 0.237 e. The van der Waals surface area contributed by atoms with Crippen molar-refractivity contribution in [3.63, 3.8) is 0 Å². The molecule has 0 aromatic heterocycles. The molecule has 0 saturated carbocycles. The molecule has 0 spiro atoms. The zero-order chi connectivity index (χ0) is 12.1. The lowest BCUT2D eigenvalue weighted by atomic mass is 9.92. The largest absolute Gasteiger partial charge is 0.391 e. The standard InChI is InChI=1S/C12H24N2O2/c1-8(2)10(15)7-14-12(16)11-9(3)5-4-6-13-11/h8-11,13,15H,4-7H2,1-3H3,(H,14,16). The second kappa shape index (κ2) is 6.21. The quantitative estimate of drug-likeness (QED) is 0.657. The molecular formula is C12H24N2O2. The number of amides is 1. The lowest BCUT2D eigenvalue weighted by Gasteiger charge is -2.29. The molecule has 3 N–H and O–H groups in total. The van der Waals surface area contributed by atoms with E-state index in [4.69, 9.17) is 0 Å². The molecule has 1 aliphatic rings. The summed E-state index contributed by atoms with van der Waals surface area (Å²) in [5, 5.41) is 15.6. The fourth-order valence-corrected chi connectivity index (χ4v) is 1.95. The van der Waals surface area contributed by atoms with E-state index in [1.165, 1.54) is 0 Å². The van der Waals surface area contributed by atoms with Crippen LogP contribution in [0.15, 0.2) is 0 Å². The number of hydrogen-bond donors (Lipinski definition) is 3. The summed E-state index contributed by atoms with van der Waals surface area (Å²) in [6.45, 7) is 7.24. The van der Waals surface area contributed by atoms with E-state index in [0.717, 1.165) is 19.4 Å². The van der Waals surface area contributed by atoms with Crippen molar-refractivity contribution in [1.82, 2.24) is 10.6 Å². The summed E-state index contributed by atoms with van der Waals surface area (Å²) in [5.74, 6) is 0.578. The van der Waals surface area contributed by atoms with E-state index < -0.39 is 6.10 Å². The first-order valence-corrected chi connectivity index (χ1v) is 6.21. The van der Waals surface area contributed by atoms with Gasteiger partial charge >= 0.3 is 0 Å². The van der Waals surface area contributed by atoms with Gasteiger partial charge in [-0.05, 0) is 31.2 Å².